The lowest BCUT2D eigenvalue weighted by Crippen LogP contribution is -2.23. The number of nitrogens with one attached hydrogen (secondary N) is 1. The second kappa shape index (κ2) is 5.42. The van der Waals surface area contributed by atoms with Crippen LogP contribution in [0.5, 0.6) is 0 Å². The van der Waals surface area contributed by atoms with Gasteiger partial charge in [0.15, 0.2) is 0 Å². The number of hydrogen-bond acceptors (Lipinski definition) is 3. The topological polar surface area (TPSA) is 55.1 Å². The fourth-order valence-corrected chi connectivity index (χ4v) is 2.82. The number of carbonyl (C=O) groups is 1. The van der Waals surface area contributed by atoms with Crippen LogP contribution in [0.2, 0.25) is 5.02 Å². The van der Waals surface area contributed by atoms with E-state index < -0.39 is 0 Å². The first kappa shape index (κ1) is 12.9. The molecule has 0 saturated carbocycles. The van der Waals surface area contributed by atoms with E-state index in [0.29, 0.717) is 22.1 Å². The summed E-state index contributed by atoms with van der Waals surface area (Å²) in [6.45, 7) is 4.17. The summed E-state index contributed by atoms with van der Waals surface area (Å²) in [6.07, 6.45) is 2.50. The molecule has 0 spiro atoms. The number of nitrogens with two attached hydrogens (primary N) is 1. The van der Waals surface area contributed by atoms with E-state index in [2.05, 4.69) is 11.9 Å². The van der Waals surface area contributed by atoms with Crippen LogP contribution in [0.3, 0.4) is 0 Å². The summed E-state index contributed by atoms with van der Waals surface area (Å²) in [5, 5.41) is 4.25. The highest BCUT2D eigenvalue weighted by Gasteiger charge is 2.15. The van der Waals surface area contributed by atoms with E-state index >= 15 is 0 Å². The number of rotatable bonds is 4. The Kier molecular flexibility index (Phi) is 3.89. The molecule has 0 unspecified atom stereocenters. The Balaban J connectivity index is 2.31. The van der Waals surface area contributed by atoms with E-state index in [9.17, 15) is 4.79 Å². The van der Waals surface area contributed by atoms with Crippen molar-refractivity contribution in [3.63, 3.8) is 0 Å². The molecule has 1 aromatic carbocycles. The lowest BCUT2D eigenvalue weighted by Gasteiger charge is -2.01. The molecule has 2 rings (SSSR count). The number of thiophene rings is 1. The van der Waals surface area contributed by atoms with Gasteiger partial charge < -0.3 is 11.1 Å². The highest BCUT2D eigenvalue weighted by molar-refractivity contribution is 7.21. The molecule has 0 radical (unpaired) electrons. The second-order valence-electron chi connectivity index (χ2n) is 3.82. The van der Waals surface area contributed by atoms with Gasteiger partial charge in [-0.1, -0.05) is 17.7 Å². The normalized spacial score (nSPS) is 10.5. The molecule has 1 aromatic heterocycles. The molecule has 0 aliphatic rings. The lowest BCUT2D eigenvalue weighted by molar-refractivity contribution is 0.0959. The van der Waals surface area contributed by atoms with Crippen molar-refractivity contribution in [2.45, 2.75) is 6.42 Å². The molecule has 0 fully saturated rings. The van der Waals surface area contributed by atoms with Crippen molar-refractivity contribution in [2.24, 2.45) is 0 Å². The molecule has 0 bridgehead atoms. The number of anilines is 1. The predicted octanol–water partition coefficient (Wildman–Crippen LogP) is 3.44. The smallest absolute Gasteiger partial charge is 0.263 e. The van der Waals surface area contributed by atoms with E-state index in [-0.39, 0.29) is 5.91 Å². The Morgan fingerprint density at radius 1 is 1.56 bits per heavy atom. The summed E-state index contributed by atoms with van der Waals surface area (Å²) in [4.78, 5) is 12.5. The van der Waals surface area contributed by atoms with Gasteiger partial charge in [-0.25, -0.2) is 0 Å². The fourth-order valence-electron chi connectivity index (χ4n) is 1.63. The number of carbonyl (C=O) groups excluding carboxylic acids is 1. The van der Waals surface area contributed by atoms with Gasteiger partial charge in [0.1, 0.15) is 4.88 Å². The minimum Gasteiger partial charge on any atom is -0.397 e. The number of amides is 1. The highest BCUT2D eigenvalue weighted by Crippen LogP contribution is 2.35. The van der Waals surface area contributed by atoms with Crippen molar-refractivity contribution < 1.29 is 4.79 Å². The zero-order valence-corrected chi connectivity index (χ0v) is 11.3. The van der Waals surface area contributed by atoms with Crippen LogP contribution in [0.15, 0.2) is 30.9 Å². The van der Waals surface area contributed by atoms with E-state index in [4.69, 9.17) is 17.3 Å². The average molecular weight is 281 g/mol. The van der Waals surface area contributed by atoms with Gasteiger partial charge in [0.05, 0.1) is 5.69 Å². The second-order valence-corrected chi connectivity index (χ2v) is 5.31. The standard InChI is InChI=1S/C13H13ClN2OS/c1-2-3-6-16-13(17)12-11(15)9-7-8(14)4-5-10(9)18-12/h2,4-5,7H,1,3,6,15H2,(H,16,17). The number of fused-ring (bicyclic) bond motifs is 1. The molecule has 1 heterocycles. The molecule has 94 valence electrons. The highest BCUT2D eigenvalue weighted by atomic mass is 35.5. The van der Waals surface area contributed by atoms with Crippen molar-refractivity contribution >= 4 is 44.6 Å². The Morgan fingerprint density at radius 3 is 3.06 bits per heavy atom. The molecule has 0 saturated heterocycles. The van der Waals surface area contributed by atoms with E-state index in [1.165, 1.54) is 11.3 Å². The zero-order valence-electron chi connectivity index (χ0n) is 9.70. The molecule has 3 N–H and O–H groups in total. The van der Waals surface area contributed by atoms with Crippen molar-refractivity contribution in [3.05, 3.63) is 40.8 Å². The molecule has 0 aliphatic carbocycles. The van der Waals surface area contributed by atoms with Crippen LogP contribution in [0.25, 0.3) is 10.1 Å². The van der Waals surface area contributed by atoms with Gasteiger partial charge in [0.2, 0.25) is 0 Å². The van der Waals surface area contributed by atoms with Gasteiger partial charge in [0.25, 0.3) is 5.91 Å². The van der Waals surface area contributed by atoms with Crippen molar-refractivity contribution in [1.82, 2.24) is 5.32 Å². The largest absolute Gasteiger partial charge is 0.397 e. The summed E-state index contributed by atoms with van der Waals surface area (Å²) in [5.74, 6) is -0.147. The quantitative estimate of drug-likeness (QED) is 0.666. The van der Waals surface area contributed by atoms with Crippen LogP contribution in [0, 0.1) is 0 Å². The van der Waals surface area contributed by atoms with Gasteiger partial charge in [0, 0.05) is 21.7 Å². The average Bonchev–Trinajstić information content (AvgIpc) is 2.67. The van der Waals surface area contributed by atoms with Crippen molar-refractivity contribution in [1.29, 1.82) is 0 Å². The zero-order chi connectivity index (χ0) is 13.1. The third-order valence-electron chi connectivity index (χ3n) is 2.53. The first-order chi connectivity index (χ1) is 8.63. The maximum Gasteiger partial charge on any atom is 0.263 e. The van der Waals surface area contributed by atoms with Crippen LogP contribution >= 0.6 is 22.9 Å². The monoisotopic (exact) mass is 280 g/mol. The van der Waals surface area contributed by atoms with Crippen molar-refractivity contribution in [3.8, 4) is 0 Å². The number of nitrogen functional groups attached to an aromatic ring is 1. The first-order valence-electron chi connectivity index (χ1n) is 5.50. The number of halogens is 1. The molecule has 0 atom stereocenters. The van der Waals surface area contributed by atoms with Crippen LogP contribution < -0.4 is 11.1 Å². The molecule has 18 heavy (non-hydrogen) atoms. The third kappa shape index (κ3) is 2.49. The van der Waals surface area contributed by atoms with E-state index in [1.807, 2.05) is 6.07 Å². The molecular formula is C13H13ClN2OS. The summed E-state index contributed by atoms with van der Waals surface area (Å²) < 4.78 is 0.964. The minimum atomic E-state index is -0.147. The van der Waals surface area contributed by atoms with Gasteiger partial charge in [-0.3, -0.25) is 4.79 Å². The summed E-state index contributed by atoms with van der Waals surface area (Å²) in [6, 6.07) is 5.45. The van der Waals surface area contributed by atoms with E-state index in [0.717, 1.165) is 16.5 Å². The molecule has 1 amide bonds. The Labute approximate surface area is 114 Å². The number of benzene rings is 1. The van der Waals surface area contributed by atoms with E-state index in [1.54, 1.807) is 18.2 Å². The first-order valence-corrected chi connectivity index (χ1v) is 6.69. The maximum absolute atomic E-state index is 11.9. The summed E-state index contributed by atoms with van der Waals surface area (Å²) in [5.41, 5.74) is 6.48. The van der Waals surface area contributed by atoms with Gasteiger partial charge in [-0.05, 0) is 24.6 Å². The van der Waals surface area contributed by atoms with Crippen LogP contribution in [0.4, 0.5) is 5.69 Å². The Hall–Kier alpha value is -1.52. The Morgan fingerprint density at radius 2 is 2.33 bits per heavy atom. The lowest BCUT2D eigenvalue weighted by atomic mass is 10.2. The molecule has 3 nitrogen and oxygen atoms in total. The van der Waals surface area contributed by atoms with Crippen LogP contribution in [-0.4, -0.2) is 12.5 Å². The SMILES string of the molecule is C=CCCNC(=O)c1sc2ccc(Cl)cc2c1N. The van der Waals surface area contributed by atoms with Gasteiger partial charge in [-0.2, -0.15) is 0 Å². The molecule has 0 aliphatic heterocycles. The fraction of sp³-hybridized carbons (Fsp3) is 0.154. The third-order valence-corrected chi connectivity index (χ3v) is 3.95. The van der Waals surface area contributed by atoms with Gasteiger partial charge in [-0.15, -0.1) is 17.9 Å². The Bertz CT molecular complexity index is 606. The van der Waals surface area contributed by atoms with Gasteiger partial charge >= 0.3 is 0 Å². The summed E-state index contributed by atoms with van der Waals surface area (Å²) in [7, 11) is 0. The number of hydrogen-bond donors (Lipinski definition) is 2. The molecule has 5 heteroatoms. The summed E-state index contributed by atoms with van der Waals surface area (Å²) >= 11 is 7.30. The maximum atomic E-state index is 11.9. The predicted molar refractivity (Wildman–Crippen MR) is 78.4 cm³/mol. The minimum absolute atomic E-state index is 0.147. The van der Waals surface area contributed by atoms with Crippen molar-refractivity contribution in [2.75, 3.05) is 12.3 Å². The van der Waals surface area contributed by atoms with Crippen LogP contribution in [-0.2, 0) is 0 Å². The molecule has 2 aromatic rings. The van der Waals surface area contributed by atoms with Crippen LogP contribution in [0.1, 0.15) is 16.1 Å². The molecular weight excluding hydrogens is 268 g/mol.